The monoisotopic (exact) mass is 318 g/mol. The van der Waals surface area contributed by atoms with Gasteiger partial charge < -0.3 is 15.4 Å². The molecule has 0 saturated heterocycles. The van der Waals surface area contributed by atoms with Crippen LogP contribution in [0.5, 0.6) is 0 Å². The van der Waals surface area contributed by atoms with Gasteiger partial charge in [-0.1, -0.05) is 29.3 Å². The highest BCUT2D eigenvalue weighted by Crippen LogP contribution is 2.29. The number of rotatable bonds is 7. The van der Waals surface area contributed by atoms with E-state index in [1.54, 1.807) is 18.2 Å². The lowest BCUT2D eigenvalue weighted by Crippen LogP contribution is -2.40. The Hall–Kier alpha value is -0.810. The zero-order chi connectivity index (χ0) is 15.2. The van der Waals surface area contributed by atoms with Crippen LogP contribution in [0, 0.1) is 0 Å². The summed E-state index contributed by atoms with van der Waals surface area (Å²) in [6.07, 6.45) is 0. The summed E-state index contributed by atoms with van der Waals surface area (Å²) < 4.78 is 5.53. The average Bonchev–Trinajstić information content (AvgIpc) is 2.33. The molecule has 0 aromatic heterocycles. The van der Waals surface area contributed by atoms with Crippen molar-refractivity contribution < 1.29 is 9.53 Å². The highest BCUT2D eigenvalue weighted by Gasteiger charge is 2.17. The van der Waals surface area contributed by atoms with Crippen molar-refractivity contribution in [2.45, 2.75) is 26.4 Å². The lowest BCUT2D eigenvalue weighted by atomic mass is 10.1. The molecule has 112 valence electrons. The van der Waals surface area contributed by atoms with E-state index < -0.39 is 0 Å². The highest BCUT2D eigenvalue weighted by atomic mass is 35.5. The summed E-state index contributed by atoms with van der Waals surface area (Å²) in [4.78, 5) is 11.8. The highest BCUT2D eigenvalue weighted by molar-refractivity contribution is 6.39. The lowest BCUT2D eigenvalue weighted by molar-refractivity contribution is -0.115. The maximum absolute atomic E-state index is 11.8. The molecule has 4 nitrogen and oxygen atoms in total. The quantitative estimate of drug-likeness (QED) is 0.810. The number of para-hydroxylation sites is 1. The van der Waals surface area contributed by atoms with Gasteiger partial charge in [-0.15, -0.1) is 0 Å². The first-order valence-electron chi connectivity index (χ1n) is 6.44. The lowest BCUT2D eigenvalue weighted by Gasteiger charge is -2.24. The fourth-order valence-electron chi connectivity index (χ4n) is 1.72. The van der Waals surface area contributed by atoms with Gasteiger partial charge in [0.25, 0.3) is 0 Å². The molecular weight excluding hydrogens is 299 g/mol. The van der Waals surface area contributed by atoms with Gasteiger partial charge in [0.2, 0.25) is 5.91 Å². The minimum atomic E-state index is -0.308. The van der Waals surface area contributed by atoms with Crippen molar-refractivity contribution in [3.63, 3.8) is 0 Å². The topological polar surface area (TPSA) is 50.4 Å². The fourth-order valence-corrected chi connectivity index (χ4v) is 2.21. The predicted octanol–water partition coefficient (Wildman–Crippen LogP) is 3.34. The van der Waals surface area contributed by atoms with Crippen molar-refractivity contribution >= 4 is 34.8 Å². The largest absolute Gasteiger partial charge is 0.375 e. The third-order valence-electron chi connectivity index (χ3n) is 2.60. The molecule has 0 bridgehead atoms. The van der Waals surface area contributed by atoms with E-state index in [0.717, 1.165) is 0 Å². The Balaban J connectivity index is 2.45. The normalized spacial score (nSPS) is 11.4. The molecule has 0 aliphatic heterocycles. The molecule has 0 radical (unpaired) electrons. The second-order valence-corrected chi connectivity index (χ2v) is 5.76. The zero-order valence-corrected chi connectivity index (χ0v) is 13.4. The van der Waals surface area contributed by atoms with Crippen LogP contribution in [0.4, 0.5) is 5.69 Å². The average molecular weight is 319 g/mol. The zero-order valence-electron chi connectivity index (χ0n) is 11.9. The Morgan fingerprint density at radius 3 is 2.45 bits per heavy atom. The Kier molecular flexibility index (Phi) is 6.76. The van der Waals surface area contributed by atoms with Gasteiger partial charge in [0.05, 0.1) is 27.9 Å². The second kappa shape index (κ2) is 7.84. The fraction of sp³-hybridized carbons (Fsp3) is 0.500. The van der Waals surface area contributed by atoms with Crippen LogP contribution in [0.3, 0.4) is 0 Å². The van der Waals surface area contributed by atoms with Crippen molar-refractivity contribution in [1.82, 2.24) is 5.32 Å². The summed E-state index contributed by atoms with van der Waals surface area (Å²) in [5, 5.41) is 6.57. The molecular formula is C14H20Cl2N2O2. The first-order chi connectivity index (χ1) is 9.35. The molecule has 1 aromatic rings. The second-order valence-electron chi connectivity index (χ2n) is 4.94. The predicted molar refractivity (Wildman–Crippen MR) is 83.7 cm³/mol. The molecule has 0 unspecified atom stereocenters. The number of benzene rings is 1. The van der Waals surface area contributed by atoms with E-state index in [-0.39, 0.29) is 18.1 Å². The van der Waals surface area contributed by atoms with Crippen molar-refractivity contribution in [2.24, 2.45) is 0 Å². The minimum absolute atomic E-state index is 0.165. The van der Waals surface area contributed by atoms with Crippen molar-refractivity contribution in [3.05, 3.63) is 28.2 Å². The van der Waals surface area contributed by atoms with Gasteiger partial charge in [-0.2, -0.15) is 0 Å². The summed E-state index contributed by atoms with van der Waals surface area (Å²) in [5.41, 5.74) is 0.128. The molecule has 1 amide bonds. The van der Waals surface area contributed by atoms with Crippen LogP contribution >= 0.6 is 23.2 Å². The molecule has 0 aliphatic carbocycles. The first kappa shape index (κ1) is 17.2. The summed E-state index contributed by atoms with van der Waals surface area (Å²) >= 11 is 12.0. The molecule has 1 rings (SSSR count). The summed E-state index contributed by atoms with van der Waals surface area (Å²) in [6, 6.07) is 5.08. The van der Waals surface area contributed by atoms with Gasteiger partial charge in [0.1, 0.15) is 0 Å². The maximum atomic E-state index is 11.8. The molecule has 20 heavy (non-hydrogen) atoms. The summed E-state index contributed by atoms with van der Waals surface area (Å²) in [5.74, 6) is -0.202. The maximum Gasteiger partial charge on any atom is 0.238 e. The summed E-state index contributed by atoms with van der Waals surface area (Å²) in [6.45, 7) is 7.24. The van der Waals surface area contributed by atoms with Gasteiger partial charge >= 0.3 is 0 Å². The van der Waals surface area contributed by atoms with Crippen molar-refractivity contribution in [3.8, 4) is 0 Å². The Labute approximate surface area is 129 Å². The van der Waals surface area contributed by atoms with Gasteiger partial charge in [-0.3, -0.25) is 4.79 Å². The molecule has 0 fully saturated rings. The Bertz CT molecular complexity index is 444. The molecule has 0 saturated carbocycles. The number of hydrogen-bond donors (Lipinski definition) is 2. The van der Waals surface area contributed by atoms with Crippen molar-refractivity contribution in [1.29, 1.82) is 0 Å². The van der Waals surface area contributed by atoms with Crippen LogP contribution in [0.1, 0.15) is 20.8 Å². The van der Waals surface area contributed by atoms with E-state index in [1.807, 2.05) is 20.8 Å². The Morgan fingerprint density at radius 1 is 1.30 bits per heavy atom. The molecule has 0 spiro atoms. The standard InChI is InChI=1S/C14H20Cl2N2O2/c1-4-20-14(2,3)9-17-8-12(19)18-13-10(15)6-5-7-11(13)16/h5-7,17H,4,8-9H2,1-3H3,(H,18,19). The van der Waals surface area contributed by atoms with Crippen LogP contribution in [0.2, 0.25) is 10.0 Å². The molecule has 0 aliphatic rings. The number of halogens is 2. The van der Waals surface area contributed by atoms with E-state index >= 15 is 0 Å². The van der Waals surface area contributed by atoms with Gasteiger partial charge in [-0.05, 0) is 32.9 Å². The number of anilines is 1. The number of carbonyl (C=O) groups excluding carboxylic acids is 1. The third-order valence-corrected chi connectivity index (χ3v) is 3.23. The number of ether oxygens (including phenoxy) is 1. The molecule has 0 atom stereocenters. The third kappa shape index (κ3) is 5.67. The number of nitrogens with one attached hydrogen (secondary N) is 2. The molecule has 6 heteroatoms. The van der Waals surface area contributed by atoms with Gasteiger partial charge in [0, 0.05) is 13.2 Å². The SMILES string of the molecule is CCOC(C)(C)CNCC(=O)Nc1c(Cl)cccc1Cl. The van der Waals surface area contributed by atoms with E-state index in [1.165, 1.54) is 0 Å². The minimum Gasteiger partial charge on any atom is -0.375 e. The number of carbonyl (C=O) groups is 1. The molecule has 0 heterocycles. The van der Waals surface area contributed by atoms with Crippen LogP contribution in [0.25, 0.3) is 0 Å². The van der Waals surface area contributed by atoms with E-state index in [4.69, 9.17) is 27.9 Å². The van der Waals surface area contributed by atoms with Crippen LogP contribution in [-0.4, -0.2) is 31.2 Å². The van der Waals surface area contributed by atoms with Crippen LogP contribution in [-0.2, 0) is 9.53 Å². The van der Waals surface area contributed by atoms with Crippen LogP contribution < -0.4 is 10.6 Å². The van der Waals surface area contributed by atoms with Crippen LogP contribution in [0.15, 0.2) is 18.2 Å². The van der Waals surface area contributed by atoms with E-state index in [9.17, 15) is 4.79 Å². The van der Waals surface area contributed by atoms with E-state index in [0.29, 0.717) is 28.9 Å². The van der Waals surface area contributed by atoms with Gasteiger partial charge in [-0.25, -0.2) is 0 Å². The smallest absolute Gasteiger partial charge is 0.238 e. The number of hydrogen-bond acceptors (Lipinski definition) is 3. The first-order valence-corrected chi connectivity index (χ1v) is 7.20. The summed E-state index contributed by atoms with van der Waals surface area (Å²) in [7, 11) is 0. The number of amides is 1. The Morgan fingerprint density at radius 2 is 1.90 bits per heavy atom. The van der Waals surface area contributed by atoms with E-state index in [2.05, 4.69) is 10.6 Å². The molecule has 2 N–H and O–H groups in total. The van der Waals surface area contributed by atoms with Crippen molar-refractivity contribution in [2.75, 3.05) is 25.0 Å². The molecule has 1 aromatic carbocycles. The van der Waals surface area contributed by atoms with Gasteiger partial charge in [0.15, 0.2) is 0 Å².